The van der Waals surface area contributed by atoms with Gasteiger partial charge in [0.15, 0.2) is 0 Å². The Morgan fingerprint density at radius 3 is 1.95 bits per heavy atom. The van der Waals surface area contributed by atoms with E-state index in [1.807, 2.05) is 0 Å². The summed E-state index contributed by atoms with van der Waals surface area (Å²) in [6.07, 6.45) is 6.54. The first kappa shape index (κ1) is 19.0. The molecule has 20 heavy (non-hydrogen) atoms. The molecule has 0 aromatic carbocycles. The first-order valence-corrected chi connectivity index (χ1v) is 7.63. The summed E-state index contributed by atoms with van der Waals surface area (Å²) in [5, 5.41) is 27.8. The predicted molar refractivity (Wildman–Crippen MR) is 81.9 cm³/mol. The highest BCUT2D eigenvalue weighted by Gasteiger charge is 2.04. The van der Waals surface area contributed by atoms with E-state index >= 15 is 0 Å². The van der Waals surface area contributed by atoms with E-state index in [0.29, 0.717) is 6.42 Å². The zero-order chi connectivity index (χ0) is 15.2. The molecule has 0 saturated heterocycles. The van der Waals surface area contributed by atoms with Gasteiger partial charge in [0.05, 0.1) is 6.10 Å². The van der Waals surface area contributed by atoms with Crippen molar-refractivity contribution in [3.8, 4) is 23.7 Å². The van der Waals surface area contributed by atoms with E-state index in [1.165, 1.54) is 39.0 Å². The molecular weight excluding hydrogens is 252 g/mol. The molecule has 3 heteroatoms. The Bertz CT molecular complexity index is 341. The van der Waals surface area contributed by atoms with Gasteiger partial charge in [0, 0.05) is 0 Å². The van der Waals surface area contributed by atoms with Crippen LogP contribution < -0.4 is 0 Å². The third-order valence-corrected chi connectivity index (χ3v) is 3.06. The molecule has 0 heterocycles. The first-order valence-electron chi connectivity index (χ1n) is 7.63. The van der Waals surface area contributed by atoms with Gasteiger partial charge in [-0.05, 0) is 31.6 Å². The van der Waals surface area contributed by atoms with Crippen LogP contribution in [0.15, 0.2) is 0 Å². The number of hydrogen-bond donors (Lipinski definition) is 3. The van der Waals surface area contributed by atoms with Crippen molar-refractivity contribution in [1.29, 1.82) is 0 Å². The second kappa shape index (κ2) is 13.0. The minimum Gasteiger partial charge on any atom is -0.390 e. The third kappa shape index (κ3) is 12.1. The fraction of sp³-hybridized carbons (Fsp3) is 0.765. The van der Waals surface area contributed by atoms with Crippen LogP contribution in [-0.4, -0.2) is 33.6 Å². The molecule has 3 atom stereocenters. The maximum absolute atomic E-state index is 9.61. The Morgan fingerprint density at radius 2 is 1.35 bits per heavy atom. The number of unbranched alkanes of at least 4 members (excludes halogenated alkanes) is 6. The van der Waals surface area contributed by atoms with E-state index in [2.05, 4.69) is 30.6 Å². The van der Waals surface area contributed by atoms with Crippen LogP contribution in [0, 0.1) is 23.7 Å². The molecular formula is C17H28O3. The van der Waals surface area contributed by atoms with Gasteiger partial charge < -0.3 is 15.3 Å². The number of hydrogen-bond acceptors (Lipinski definition) is 3. The van der Waals surface area contributed by atoms with Crippen molar-refractivity contribution < 1.29 is 15.3 Å². The molecule has 1 unspecified atom stereocenters. The average Bonchev–Trinajstić information content (AvgIpc) is 2.42. The summed E-state index contributed by atoms with van der Waals surface area (Å²) < 4.78 is 0. The highest BCUT2D eigenvalue weighted by Crippen LogP contribution is 2.09. The molecule has 0 bridgehead atoms. The first-order chi connectivity index (χ1) is 9.57. The average molecular weight is 280 g/mol. The molecule has 0 fully saturated rings. The van der Waals surface area contributed by atoms with Crippen LogP contribution >= 0.6 is 0 Å². The van der Waals surface area contributed by atoms with Crippen LogP contribution in [0.1, 0.15) is 65.2 Å². The molecule has 0 saturated carbocycles. The molecule has 114 valence electrons. The van der Waals surface area contributed by atoms with Crippen LogP contribution in [0.5, 0.6) is 0 Å². The quantitative estimate of drug-likeness (QED) is 0.448. The zero-order valence-electron chi connectivity index (χ0n) is 12.7. The van der Waals surface area contributed by atoms with E-state index in [4.69, 9.17) is 5.11 Å². The largest absolute Gasteiger partial charge is 0.390 e. The van der Waals surface area contributed by atoms with E-state index in [9.17, 15) is 10.2 Å². The van der Waals surface area contributed by atoms with Crippen molar-refractivity contribution in [1.82, 2.24) is 0 Å². The molecule has 3 N–H and O–H groups in total. The summed E-state index contributed by atoms with van der Waals surface area (Å²) in [5.74, 6) is 9.98. The lowest BCUT2D eigenvalue weighted by Crippen LogP contribution is -2.19. The normalized spacial score (nSPS) is 14.4. The second-order valence-electron chi connectivity index (χ2n) is 5.15. The minimum atomic E-state index is -1.08. The SMILES string of the molecule is CCCCCCCCCC(O)C#CC#C[C@@H](O)[C@H](C)O. The summed E-state index contributed by atoms with van der Waals surface area (Å²) in [7, 11) is 0. The van der Waals surface area contributed by atoms with Crippen molar-refractivity contribution in [3.63, 3.8) is 0 Å². The van der Waals surface area contributed by atoms with Gasteiger partial charge in [-0.3, -0.25) is 0 Å². The zero-order valence-corrected chi connectivity index (χ0v) is 12.7. The fourth-order valence-corrected chi connectivity index (χ4v) is 1.72. The smallest absolute Gasteiger partial charge is 0.141 e. The van der Waals surface area contributed by atoms with Gasteiger partial charge in [-0.1, -0.05) is 57.3 Å². The summed E-state index contributed by atoms with van der Waals surface area (Å²) in [6.45, 7) is 3.67. The fourth-order valence-electron chi connectivity index (χ4n) is 1.72. The van der Waals surface area contributed by atoms with Crippen LogP contribution in [0.25, 0.3) is 0 Å². The number of rotatable bonds is 9. The molecule has 0 aliphatic rings. The van der Waals surface area contributed by atoms with Crippen molar-refractivity contribution >= 4 is 0 Å². The summed E-state index contributed by atoms with van der Waals surface area (Å²) in [4.78, 5) is 0. The van der Waals surface area contributed by atoms with Crippen LogP contribution in [0.4, 0.5) is 0 Å². The second-order valence-corrected chi connectivity index (χ2v) is 5.15. The van der Waals surface area contributed by atoms with E-state index < -0.39 is 18.3 Å². The van der Waals surface area contributed by atoms with E-state index in [-0.39, 0.29) is 0 Å². The molecule has 0 rings (SSSR count). The van der Waals surface area contributed by atoms with Gasteiger partial charge in [-0.25, -0.2) is 0 Å². The van der Waals surface area contributed by atoms with Crippen LogP contribution in [0.2, 0.25) is 0 Å². The minimum absolute atomic E-state index is 0.649. The van der Waals surface area contributed by atoms with Crippen molar-refractivity contribution in [2.75, 3.05) is 0 Å². The third-order valence-electron chi connectivity index (χ3n) is 3.06. The van der Waals surface area contributed by atoms with E-state index in [0.717, 1.165) is 12.8 Å². The van der Waals surface area contributed by atoms with Crippen molar-refractivity contribution in [2.45, 2.75) is 83.5 Å². The Labute approximate surface area is 123 Å². The Kier molecular flexibility index (Phi) is 12.4. The standard InChI is InChI=1S/C17H28O3/c1-3-4-5-6-7-8-9-12-16(19)13-10-11-14-17(20)15(2)18/h15-20H,3-9,12H2,1-2H3/t15-,16?,17+/m0/s1. The lowest BCUT2D eigenvalue weighted by molar-refractivity contribution is 0.0678. The van der Waals surface area contributed by atoms with Crippen molar-refractivity contribution in [3.05, 3.63) is 0 Å². The Balaban J connectivity index is 3.66. The van der Waals surface area contributed by atoms with Gasteiger partial charge in [0.1, 0.15) is 12.2 Å². The highest BCUT2D eigenvalue weighted by molar-refractivity contribution is 5.28. The molecule has 0 aliphatic carbocycles. The molecule has 0 aromatic rings. The monoisotopic (exact) mass is 280 g/mol. The topological polar surface area (TPSA) is 60.7 Å². The van der Waals surface area contributed by atoms with Crippen LogP contribution in [0.3, 0.4) is 0 Å². The number of aliphatic hydroxyl groups excluding tert-OH is 3. The molecule has 0 amide bonds. The number of aliphatic hydroxyl groups is 3. The summed E-state index contributed by atoms with van der Waals surface area (Å²) >= 11 is 0. The van der Waals surface area contributed by atoms with E-state index in [1.54, 1.807) is 0 Å². The van der Waals surface area contributed by atoms with Crippen molar-refractivity contribution in [2.24, 2.45) is 0 Å². The molecule has 0 aliphatic heterocycles. The maximum Gasteiger partial charge on any atom is 0.141 e. The summed E-state index contributed by atoms with van der Waals surface area (Å²) in [5.41, 5.74) is 0. The van der Waals surface area contributed by atoms with Gasteiger partial charge >= 0.3 is 0 Å². The van der Waals surface area contributed by atoms with Gasteiger partial charge in [-0.2, -0.15) is 0 Å². The maximum atomic E-state index is 9.61. The Hall–Kier alpha value is -1.00. The lowest BCUT2D eigenvalue weighted by Gasteiger charge is -2.04. The molecule has 0 spiro atoms. The van der Waals surface area contributed by atoms with Gasteiger partial charge in [0.25, 0.3) is 0 Å². The molecule has 3 nitrogen and oxygen atoms in total. The lowest BCUT2D eigenvalue weighted by atomic mass is 10.1. The molecule has 0 aromatic heterocycles. The van der Waals surface area contributed by atoms with Gasteiger partial charge in [-0.15, -0.1) is 0 Å². The summed E-state index contributed by atoms with van der Waals surface area (Å²) in [6, 6.07) is 0. The predicted octanol–water partition coefficient (Wildman–Crippen LogP) is 2.24. The molecule has 0 radical (unpaired) electrons. The van der Waals surface area contributed by atoms with Gasteiger partial charge in [0.2, 0.25) is 0 Å². The highest BCUT2D eigenvalue weighted by atomic mass is 16.3. The Morgan fingerprint density at radius 1 is 0.800 bits per heavy atom. The van der Waals surface area contributed by atoms with Crippen LogP contribution in [-0.2, 0) is 0 Å².